The second-order valence-electron chi connectivity index (χ2n) is 7.58. The lowest BCUT2D eigenvalue weighted by Gasteiger charge is -2.32. The molecule has 0 aliphatic carbocycles. The number of para-hydroxylation sites is 1. The summed E-state index contributed by atoms with van der Waals surface area (Å²) in [4.78, 5) is 2.18. The second-order valence-corrected chi connectivity index (χ2v) is 7.58. The first-order valence-electron chi connectivity index (χ1n) is 8.46. The smallest absolute Gasteiger partial charge is 0.399 e. The lowest BCUT2D eigenvalue weighted by atomic mass is 9.78. The van der Waals surface area contributed by atoms with Gasteiger partial charge in [-0.25, -0.2) is 0 Å². The summed E-state index contributed by atoms with van der Waals surface area (Å²) in [6, 6.07) is 16.8. The molecule has 0 amide bonds. The van der Waals surface area contributed by atoms with E-state index in [2.05, 4.69) is 89.0 Å². The molecule has 1 heterocycles. The van der Waals surface area contributed by atoms with E-state index in [0.717, 1.165) is 16.8 Å². The molecular formula is C20H26BNO2. The van der Waals surface area contributed by atoms with Crippen LogP contribution in [-0.4, -0.2) is 25.4 Å². The van der Waals surface area contributed by atoms with E-state index in [1.165, 1.54) is 5.56 Å². The highest BCUT2D eigenvalue weighted by Crippen LogP contribution is 2.37. The highest BCUT2D eigenvalue weighted by molar-refractivity contribution is 6.62. The van der Waals surface area contributed by atoms with Gasteiger partial charge in [-0.15, -0.1) is 0 Å². The molecule has 3 rings (SSSR count). The Bertz CT molecular complexity index is 712. The average molecular weight is 323 g/mol. The standard InChI is InChI=1S/C20H26BNO2/c1-15-12-16(21-23-19(2,3)20(4,5)24-21)14-18(13-15)22(6)17-10-8-7-9-11-17/h7-14H,1-6H3. The summed E-state index contributed by atoms with van der Waals surface area (Å²) in [5.41, 5.74) is 3.89. The van der Waals surface area contributed by atoms with E-state index >= 15 is 0 Å². The third kappa shape index (κ3) is 3.08. The van der Waals surface area contributed by atoms with E-state index in [1.807, 2.05) is 6.07 Å². The van der Waals surface area contributed by atoms with E-state index in [9.17, 15) is 0 Å². The van der Waals surface area contributed by atoms with Crippen LogP contribution in [-0.2, 0) is 9.31 Å². The van der Waals surface area contributed by atoms with Crippen molar-refractivity contribution < 1.29 is 9.31 Å². The molecule has 0 spiro atoms. The van der Waals surface area contributed by atoms with Crippen molar-refractivity contribution in [2.75, 3.05) is 11.9 Å². The predicted molar refractivity (Wildman–Crippen MR) is 101 cm³/mol. The Morgan fingerprint density at radius 3 is 2.00 bits per heavy atom. The predicted octanol–water partition coefficient (Wildman–Crippen LogP) is 4.06. The number of hydrogen-bond acceptors (Lipinski definition) is 3. The molecule has 3 nitrogen and oxygen atoms in total. The van der Waals surface area contributed by atoms with Crippen LogP contribution in [0.15, 0.2) is 48.5 Å². The first kappa shape index (κ1) is 17.1. The number of benzene rings is 2. The summed E-state index contributed by atoms with van der Waals surface area (Å²) in [5.74, 6) is 0. The number of anilines is 2. The summed E-state index contributed by atoms with van der Waals surface area (Å²) in [5, 5.41) is 0. The fourth-order valence-corrected chi connectivity index (χ4v) is 2.90. The van der Waals surface area contributed by atoms with Gasteiger partial charge >= 0.3 is 7.12 Å². The van der Waals surface area contributed by atoms with E-state index in [-0.39, 0.29) is 18.3 Å². The van der Waals surface area contributed by atoms with Gasteiger partial charge in [0.05, 0.1) is 11.2 Å². The van der Waals surface area contributed by atoms with Crippen LogP contribution >= 0.6 is 0 Å². The van der Waals surface area contributed by atoms with Crippen LogP contribution in [0.5, 0.6) is 0 Å². The topological polar surface area (TPSA) is 21.7 Å². The maximum atomic E-state index is 6.20. The molecule has 2 aromatic carbocycles. The molecule has 0 radical (unpaired) electrons. The first-order valence-corrected chi connectivity index (χ1v) is 8.46. The van der Waals surface area contributed by atoms with Crippen LogP contribution in [0, 0.1) is 6.92 Å². The summed E-state index contributed by atoms with van der Waals surface area (Å²) in [6.07, 6.45) is 0. The highest BCUT2D eigenvalue weighted by Gasteiger charge is 2.51. The summed E-state index contributed by atoms with van der Waals surface area (Å²) in [7, 11) is 1.75. The number of hydrogen-bond donors (Lipinski definition) is 0. The van der Waals surface area contributed by atoms with Crippen LogP contribution in [0.3, 0.4) is 0 Å². The molecular weight excluding hydrogens is 297 g/mol. The van der Waals surface area contributed by atoms with Crippen LogP contribution in [0.25, 0.3) is 0 Å². The van der Waals surface area contributed by atoms with Crippen molar-refractivity contribution in [1.29, 1.82) is 0 Å². The van der Waals surface area contributed by atoms with E-state index in [1.54, 1.807) is 0 Å². The zero-order valence-corrected chi connectivity index (χ0v) is 15.5. The Morgan fingerprint density at radius 2 is 1.42 bits per heavy atom. The van der Waals surface area contributed by atoms with Crippen molar-refractivity contribution in [3.8, 4) is 0 Å². The summed E-state index contributed by atoms with van der Waals surface area (Å²) < 4.78 is 12.4. The maximum Gasteiger partial charge on any atom is 0.494 e. The highest BCUT2D eigenvalue weighted by atomic mass is 16.7. The normalized spacial score (nSPS) is 18.7. The van der Waals surface area contributed by atoms with Crippen LogP contribution < -0.4 is 10.4 Å². The number of nitrogens with zero attached hydrogens (tertiary/aromatic N) is 1. The Morgan fingerprint density at radius 1 is 0.833 bits per heavy atom. The largest absolute Gasteiger partial charge is 0.494 e. The van der Waals surface area contributed by atoms with E-state index in [0.29, 0.717) is 0 Å². The first-order chi connectivity index (χ1) is 11.2. The van der Waals surface area contributed by atoms with E-state index in [4.69, 9.17) is 9.31 Å². The molecule has 0 aromatic heterocycles. The van der Waals surface area contributed by atoms with Gasteiger partial charge in [0, 0.05) is 18.4 Å². The Labute approximate surface area is 145 Å². The van der Waals surface area contributed by atoms with Gasteiger partial charge in [0.1, 0.15) is 0 Å². The minimum Gasteiger partial charge on any atom is -0.399 e. The molecule has 126 valence electrons. The molecule has 1 fully saturated rings. The third-order valence-corrected chi connectivity index (χ3v) is 5.14. The fraction of sp³-hybridized carbons (Fsp3) is 0.400. The van der Waals surface area contributed by atoms with Crippen molar-refractivity contribution >= 4 is 24.0 Å². The summed E-state index contributed by atoms with van der Waals surface area (Å²) >= 11 is 0. The van der Waals surface area contributed by atoms with Gasteiger partial charge in [-0.1, -0.05) is 24.3 Å². The molecule has 2 aromatic rings. The average Bonchev–Trinajstić information content (AvgIpc) is 2.75. The molecule has 24 heavy (non-hydrogen) atoms. The summed E-state index contributed by atoms with van der Waals surface area (Å²) in [6.45, 7) is 10.4. The zero-order valence-electron chi connectivity index (χ0n) is 15.5. The van der Waals surface area contributed by atoms with Crippen LogP contribution in [0.4, 0.5) is 11.4 Å². The molecule has 1 saturated heterocycles. The van der Waals surface area contributed by atoms with Gasteiger partial charge < -0.3 is 14.2 Å². The second kappa shape index (κ2) is 5.94. The lowest BCUT2D eigenvalue weighted by molar-refractivity contribution is 0.00578. The van der Waals surface area contributed by atoms with Crippen molar-refractivity contribution in [3.05, 3.63) is 54.1 Å². The Hall–Kier alpha value is -1.78. The SMILES string of the molecule is Cc1cc(B2OC(C)(C)C(C)(C)O2)cc(N(C)c2ccccc2)c1. The quantitative estimate of drug-likeness (QED) is 0.795. The van der Waals surface area contributed by atoms with Crippen molar-refractivity contribution in [3.63, 3.8) is 0 Å². The van der Waals surface area contributed by atoms with Crippen molar-refractivity contribution in [1.82, 2.24) is 0 Å². The van der Waals surface area contributed by atoms with Gasteiger partial charge in [0.2, 0.25) is 0 Å². The molecule has 4 heteroatoms. The van der Waals surface area contributed by atoms with Gasteiger partial charge in [-0.3, -0.25) is 0 Å². The van der Waals surface area contributed by atoms with Gasteiger partial charge in [0.25, 0.3) is 0 Å². The van der Waals surface area contributed by atoms with Gasteiger partial charge in [-0.05, 0) is 69.9 Å². The molecule has 0 unspecified atom stereocenters. The number of rotatable bonds is 3. The van der Waals surface area contributed by atoms with Gasteiger partial charge in [0.15, 0.2) is 0 Å². The molecule has 1 aliphatic rings. The molecule has 1 aliphatic heterocycles. The van der Waals surface area contributed by atoms with E-state index < -0.39 is 0 Å². The minimum atomic E-state index is -0.335. The fourth-order valence-electron chi connectivity index (χ4n) is 2.90. The molecule has 0 N–H and O–H groups in total. The minimum absolute atomic E-state index is 0.326. The maximum absolute atomic E-state index is 6.20. The molecule has 0 bridgehead atoms. The van der Waals surface area contributed by atoms with Crippen molar-refractivity contribution in [2.45, 2.75) is 45.8 Å². The Balaban J connectivity index is 1.93. The zero-order chi connectivity index (χ0) is 17.5. The molecule has 0 saturated carbocycles. The van der Waals surface area contributed by atoms with Gasteiger partial charge in [-0.2, -0.15) is 0 Å². The van der Waals surface area contributed by atoms with Crippen LogP contribution in [0.1, 0.15) is 33.3 Å². The lowest BCUT2D eigenvalue weighted by Crippen LogP contribution is -2.41. The third-order valence-electron chi connectivity index (χ3n) is 5.14. The Kier molecular flexibility index (Phi) is 4.22. The van der Waals surface area contributed by atoms with Crippen molar-refractivity contribution in [2.24, 2.45) is 0 Å². The number of aryl methyl sites for hydroxylation is 1. The monoisotopic (exact) mass is 323 g/mol. The molecule has 0 atom stereocenters. The van der Waals surface area contributed by atoms with Crippen LogP contribution in [0.2, 0.25) is 0 Å².